The molecule has 0 radical (unpaired) electrons. The number of hydrogen-bond donors (Lipinski definition) is 3. The third kappa shape index (κ3) is 8.14. The molecule has 1 aromatic rings. The molecular weight excluding hydrogens is 326 g/mol. The molecule has 8 heteroatoms. The Hall–Kier alpha value is -1.83. The van der Waals surface area contributed by atoms with Crippen molar-refractivity contribution in [3.63, 3.8) is 0 Å². The summed E-state index contributed by atoms with van der Waals surface area (Å²) in [6.07, 6.45) is 1.42. The average molecular weight is 356 g/mol. The van der Waals surface area contributed by atoms with E-state index in [0.29, 0.717) is 19.0 Å². The first-order valence-corrected chi connectivity index (χ1v) is 8.69. The van der Waals surface area contributed by atoms with Crippen molar-refractivity contribution < 1.29 is 9.53 Å². The Morgan fingerprint density at radius 3 is 2.46 bits per heavy atom. The van der Waals surface area contributed by atoms with Crippen LogP contribution in [0.5, 0.6) is 0 Å². The second-order valence-electron chi connectivity index (χ2n) is 7.14. The van der Waals surface area contributed by atoms with Crippen LogP contribution in [0.3, 0.4) is 0 Å². The second kappa shape index (κ2) is 8.32. The molecule has 0 aliphatic carbocycles. The molecule has 0 bridgehead atoms. The molecule has 136 valence electrons. The summed E-state index contributed by atoms with van der Waals surface area (Å²) >= 11 is 1.65. The number of aromatic nitrogens is 1. The summed E-state index contributed by atoms with van der Waals surface area (Å²) in [5.74, 6) is 0.667. The largest absolute Gasteiger partial charge is 0.444 e. The first kappa shape index (κ1) is 20.2. The lowest BCUT2D eigenvalue weighted by Crippen LogP contribution is -2.54. The number of aryl methyl sites for hydroxylation is 1. The van der Waals surface area contributed by atoms with Gasteiger partial charge < -0.3 is 20.7 Å². The zero-order valence-electron chi connectivity index (χ0n) is 15.6. The summed E-state index contributed by atoms with van der Waals surface area (Å²) in [4.78, 5) is 21.4. The van der Waals surface area contributed by atoms with Crippen molar-refractivity contribution in [2.24, 2.45) is 4.99 Å². The maximum Gasteiger partial charge on any atom is 0.408 e. The molecule has 0 unspecified atom stereocenters. The lowest BCUT2D eigenvalue weighted by atomic mass is 10.1. The zero-order chi connectivity index (χ0) is 18.4. The highest BCUT2D eigenvalue weighted by Crippen LogP contribution is 2.11. The molecule has 0 atom stereocenters. The van der Waals surface area contributed by atoms with Gasteiger partial charge in [-0.05, 0) is 41.5 Å². The van der Waals surface area contributed by atoms with Crippen molar-refractivity contribution in [3.05, 3.63) is 16.1 Å². The van der Waals surface area contributed by atoms with Gasteiger partial charge in [0.1, 0.15) is 5.60 Å². The van der Waals surface area contributed by atoms with Crippen LogP contribution < -0.4 is 16.0 Å². The number of carbonyl (C=O) groups is 1. The third-order valence-corrected chi connectivity index (χ3v) is 3.77. The third-order valence-electron chi connectivity index (χ3n) is 2.86. The molecule has 0 saturated heterocycles. The number of nitrogens with one attached hydrogen (secondary N) is 3. The van der Waals surface area contributed by atoms with Gasteiger partial charge in [0.05, 0.1) is 17.1 Å². The molecule has 0 aliphatic heterocycles. The maximum atomic E-state index is 11.9. The van der Waals surface area contributed by atoms with Crippen molar-refractivity contribution in [2.75, 3.05) is 13.6 Å². The first-order chi connectivity index (χ1) is 11.0. The summed E-state index contributed by atoms with van der Waals surface area (Å²) < 4.78 is 5.29. The number of thiazole rings is 1. The van der Waals surface area contributed by atoms with Gasteiger partial charge in [-0.2, -0.15) is 0 Å². The summed E-state index contributed by atoms with van der Waals surface area (Å²) in [5, 5.41) is 10.3. The van der Waals surface area contributed by atoms with Crippen LogP contribution in [0, 0.1) is 6.92 Å². The molecule has 24 heavy (non-hydrogen) atoms. The number of rotatable bonds is 5. The fourth-order valence-electron chi connectivity index (χ4n) is 1.81. The molecule has 1 amide bonds. The van der Waals surface area contributed by atoms with Gasteiger partial charge in [-0.3, -0.25) is 4.99 Å². The Labute approximate surface area is 148 Å². The number of guanidine groups is 1. The predicted molar refractivity (Wildman–Crippen MR) is 98.5 cm³/mol. The Balaban J connectivity index is 2.44. The Bertz CT molecular complexity index is 575. The highest BCUT2D eigenvalue weighted by molar-refractivity contribution is 7.11. The van der Waals surface area contributed by atoms with Crippen LogP contribution in [-0.4, -0.2) is 41.8 Å². The van der Waals surface area contributed by atoms with Crippen LogP contribution in [0.4, 0.5) is 4.79 Å². The highest BCUT2D eigenvalue weighted by Gasteiger charge is 2.24. The zero-order valence-corrected chi connectivity index (χ0v) is 16.4. The smallest absolute Gasteiger partial charge is 0.408 e. The Morgan fingerprint density at radius 2 is 1.96 bits per heavy atom. The molecule has 1 rings (SSSR count). The van der Waals surface area contributed by atoms with Gasteiger partial charge in [0, 0.05) is 24.7 Å². The van der Waals surface area contributed by atoms with E-state index in [1.54, 1.807) is 18.4 Å². The van der Waals surface area contributed by atoms with Gasteiger partial charge in [-0.1, -0.05) is 0 Å². The molecule has 1 aromatic heterocycles. The van der Waals surface area contributed by atoms with Crippen molar-refractivity contribution in [1.29, 1.82) is 0 Å². The summed E-state index contributed by atoms with van der Waals surface area (Å²) in [7, 11) is 1.71. The van der Waals surface area contributed by atoms with Crippen molar-refractivity contribution in [2.45, 2.75) is 59.2 Å². The SMILES string of the molecule is CN=C(NCc1cnc(C)s1)NCC(C)(C)NC(=O)OC(C)(C)C. The van der Waals surface area contributed by atoms with Gasteiger partial charge in [0.25, 0.3) is 0 Å². The van der Waals surface area contributed by atoms with E-state index in [1.165, 1.54) is 0 Å². The highest BCUT2D eigenvalue weighted by atomic mass is 32.1. The lowest BCUT2D eigenvalue weighted by Gasteiger charge is -2.29. The average Bonchev–Trinajstić information content (AvgIpc) is 2.81. The van der Waals surface area contributed by atoms with Crippen LogP contribution in [0.1, 0.15) is 44.5 Å². The first-order valence-electron chi connectivity index (χ1n) is 7.88. The van der Waals surface area contributed by atoms with Crippen molar-refractivity contribution in [1.82, 2.24) is 20.9 Å². The van der Waals surface area contributed by atoms with E-state index in [4.69, 9.17) is 4.74 Å². The molecule has 0 fully saturated rings. The molecule has 1 heterocycles. The normalized spacial score (nSPS) is 12.7. The molecular formula is C16H29N5O2S. The van der Waals surface area contributed by atoms with Gasteiger partial charge in [0.15, 0.2) is 5.96 Å². The van der Waals surface area contributed by atoms with E-state index >= 15 is 0 Å². The van der Waals surface area contributed by atoms with Crippen LogP contribution in [0.25, 0.3) is 0 Å². The Kier molecular flexibility index (Phi) is 7.01. The quantitative estimate of drug-likeness (QED) is 0.558. The van der Waals surface area contributed by atoms with Gasteiger partial charge in [-0.15, -0.1) is 11.3 Å². The second-order valence-corrected chi connectivity index (χ2v) is 8.46. The lowest BCUT2D eigenvalue weighted by molar-refractivity contribution is 0.0474. The molecule has 0 aliphatic rings. The number of aliphatic imine (C=N–C) groups is 1. The molecule has 3 N–H and O–H groups in total. The van der Waals surface area contributed by atoms with Crippen LogP contribution >= 0.6 is 11.3 Å². The minimum atomic E-state index is -0.516. The summed E-state index contributed by atoms with van der Waals surface area (Å²) in [6.45, 7) is 12.5. The van der Waals surface area contributed by atoms with E-state index in [9.17, 15) is 4.79 Å². The van der Waals surface area contributed by atoms with Gasteiger partial charge in [-0.25, -0.2) is 9.78 Å². The van der Waals surface area contributed by atoms with E-state index in [1.807, 2.05) is 47.7 Å². The minimum absolute atomic E-state index is 0.433. The van der Waals surface area contributed by atoms with Gasteiger partial charge >= 0.3 is 6.09 Å². The number of carbonyl (C=O) groups excluding carboxylic acids is 1. The predicted octanol–water partition coefficient (Wildman–Crippen LogP) is 2.42. The van der Waals surface area contributed by atoms with Crippen LogP contribution in [0.15, 0.2) is 11.2 Å². The number of amides is 1. The van der Waals surface area contributed by atoms with Crippen molar-refractivity contribution in [3.8, 4) is 0 Å². The van der Waals surface area contributed by atoms with Crippen LogP contribution in [-0.2, 0) is 11.3 Å². The fourth-order valence-corrected chi connectivity index (χ4v) is 2.54. The summed E-state index contributed by atoms with van der Waals surface area (Å²) in [6, 6.07) is 0. The number of ether oxygens (including phenoxy) is 1. The van der Waals surface area contributed by atoms with Crippen LogP contribution in [0.2, 0.25) is 0 Å². The molecule has 0 saturated carbocycles. The number of hydrogen-bond acceptors (Lipinski definition) is 5. The van der Waals surface area contributed by atoms with E-state index in [0.717, 1.165) is 9.88 Å². The maximum absolute atomic E-state index is 11.9. The summed E-state index contributed by atoms with van der Waals surface area (Å²) in [5.41, 5.74) is -1.00. The topological polar surface area (TPSA) is 87.6 Å². The van der Waals surface area contributed by atoms with E-state index < -0.39 is 17.2 Å². The van der Waals surface area contributed by atoms with E-state index in [-0.39, 0.29) is 0 Å². The number of nitrogens with zero attached hydrogens (tertiary/aromatic N) is 2. The Morgan fingerprint density at radius 1 is 1.29 bits per heavy atom. The number of alkyl carbamates (subject to hydrolysis) is 1. The standard InChI is InChI=1S/C16H29N5O2S/c1-11-18-8-12(24-11)9-19-13(17-7)20-10-16(5,6)21-14(22)23-15(2,3)4/h8H,9-10H2,1-7H3,(H,21,22)(H2,17,19,20). The molecule has 0 aromatic carbocycles. The van der Waals surface area contributed by atoms with Crippen molar-refractivity contribution >= 4 is 23.4 Å². The minimum Gasteiger partial charge on any atom is -0.444 e. The fraction of sp³-hybridized carbons (Fsp3) is 0.688. The monoisotopic (exact) mass is 355 g/mol. The molecule has 7 nitrogen and oxygen atoms in total. The van der Waals surface area contributed by atoms with Gasteiger partial charge in [0.2, 0.25) is 0 Å². The van der Waals surface area contributed by atoms with E-state index in [2.05, 4.69) is 25.9 Å². The molecule has 0 spiro atoms.